The van der Waals surface area contributed by atoms with Gasteiger partial charge in [-0.25, -0.2) is 4.68 Å². The van der Waals surface area contributed by atoms with Crippen molar-refractivity contribution in [2.45, 2.75) is 51.1 Å². The number of rotatable bonds is 4. The molecule has 1 aliphatic carbocycles. The van der Waals surface area contributed by atoms with Gasteiger partial charge in [0.2, 0.25) is 0 Å². The molecule has 1 N–H and O–H groups in total. The number of aromatic amines is 1. The third kappa shape index (κ3) is 3.03. The number of nitrogens with zero attached hydrogens (tertiary/aromatic N) is 5. The summed E-state index contributed by atoms with van der Waals surface area (Å²) in [6.07, 6.45) is 5.49. The summed E-state index contributed by atoms with van der Waals surface area (Å²) in [5, 5.41) is 14.0. The van der Waals surface area contributed by atoms with Gasteiger partial charge in [0.15, 0.2) is 5.82 Å². The summed E-state index contributed by atoms with van der Waals surface area (Å²) in [5.74, 6) is 0.756. The van der Waals surface area contributed by atoms with Crippen molar-refractivity contribution in [3.8, 4) is 0 Å². The van der Waals surface area contributed by atoms with Crippen molar-refractivity contribution in [3.63, 3.8) is 0 Å². The highest BCUT2D eigenvalue weighted by Gasteiger charge is 2.36. The van der Waals surface area contributed by atoms with Crippen molar-refractivity contribution in [2.24, 2.45) is 0 Å². The molecule has 0 bridgehead atoms. The Labute approximate surface area is 186 Å². The van der Waals surface area contributed by atoms with Crippen LogP contribution in [0.2, 0.25) is 0 Å². The zero-order valence-corrected chi connectivity index (χ0v) is 18.2. The van der Waals surface area contributed by atoms with Crippen LogP contribution < -0.4 is 10.5 Å². The SMILES string of the molecule is Cc1cccc2cc([C@H](c3nnnn3C3CCCC3)N3CCc4ccccc43)c(=O)[nH]c12. The summed E-state index contributed by atoms with van der Waals surface area (Å²) < 4.78 is 1.98. The van der Waals surface area contributed by atoms with Gasteiger partial charge in [0.05, 0.1) is 11.6 Å². The molecule has 3 heterocycles. The number of fused-ring (bicyclic) bond motifs is 2. The van der Waals surface area contributed by atoms with E-state index in [4.69, 9.17) is 0 Å². The van der Waals surface area contributed by atoms with E-state index in [-0.39, 0.29) is 11.6 Å². The van der Waals surface area contributed by atoms with Crippen LogP contribution in [0.25, 0.3) is 10.9 Å². The lowest BCUT2D eigenvalue weighted by Gasteiger charge is -2.30. The van der Waals surface area contributed by atoms with E-state index in [0.29, 0.717) is 11.6 Å². The average molecular weight is 427 g/mol. The summed E-state index contributed by atoms with van der Waals surface area (Å²) in [6.45, 7) is 2.85. The smallest absolute Gasteiger partial charge is 0.254 e. The van der Waals surface area contributed by atoms with E-state index < -0.39 is 0 Å². The number of aryl methyl sites for hydroxylation is 1. The number of anilines is 1. The van der Waals surface area contributed by atoms with Crippen LogP contribution in [-0.2, 0) is 6.42 Å². The van der Waals surface area contributed by atoms with Gasteiger partial charge in [-0.05, 0) is 65.3 Å². The summed E-state index contributed by atoms with van der Waals surface area (Å²) in [4.78, 5) is 18.9. The standard InChI is InChI=1S/C25H26N6O/c1-16-7-6-9-18-15-20(25(32)26-22(16)18)23(30-14-13-17-8-2-5-12-21(17)30)24-27-28-29-31(24)19-10-3-4-11-19/h2,5-9,12,15,19,23H,3-4,10-11,13-14H2,1H3,(H,26,32)/t23-/m1/s1. The van der Waals surface area contributed by atoms with E-state index >= 15 is 0 Å². The largest absolute Gasteiger partial charge is 0.357 e. The molecule has 4 aromatic rings. The maximum atomic E-state index is 13.5. The van der Waals surface area contributed by atoms with Crippen molar-refractivity contribution in [1.29, 1.82) is 0 Å². The molecule has 2 aliphatic rings. The van der Waals surface area contributed by atoms with Gasteiger partial charge in [0, 0.05) is 17.8 Å². The van der Waals surface area contributed by atoms with Gasteiger partial charge in [0.1, 0.15) is 6.04 Å². The monoisotopic (exact) mass is 426 g/mol. The van der Waals surface area contributed by atoms with E-state index in [0.717, 1.165) is 53.8 Å². The van der Waals surface area contributed by atoms with Crippen LogP contribution in [0.3, 0.4) is 0 Å². The number of tetrazole rings is 1. The maximum absolute atomic E-state index is 13.5. The fraction of sp³-hybridized carbons (Fsp3) is 0.360. The Bertz CT molecular complexity index is 1350. The molecule has 2 aromatic carbocycles. The second kappa shape index (κ2) is 7.58. The Morgan fingerprint density at radius 2 is 1.94 bits per heavy atom. The number of para-hydroxylation sites is 2. The third-order valence-corrected chi connectivity index (χ3v) is 7.08. The lowest BCUT2D eigenvalue weighted by atomic mass is 10.0. The van der Waals surface area contributed by atoms with E-state index in [1.807, 2.05) is 29.8 Å². The lowest BCUT2D eigenvalue weighted by Crippen LogP contribution is -2.34. The first kappa shape index (κ1) is 19.2. The molecule has 6 rings (SSSR count). The van der Waals surface area contributed by atoms with Gasteiger partial charge < -0.3 is 9.88 Å². The van der Waals surface area contributed by atoms with Gasteiger partial charge >= 0.3 is 0 Å². The van der Waals surface area contributed by atoms with Gasteiger partial charge in [-0.3, -0.25) is 4.79 Å². The zero-order valence-electron chi connectivity index (χ0n) is 18.2. The Balaban J connectivity index is 1.57. The molecule has 7 heteroatoms. The van der Waals surface area contributed by atoms with Crippen LogP contribution in [0.5, 0.6) is 0 Å². The van der Waals surface area contributed by atoms with E-state index in [1.54, 1.807) is 0 Å². The Morgan fingerprint density at radius 1 is 1.09 bits per heavy atom. The zero-order chi connectivity index (χ0) is 21.7. The van der Waals surface area contributed by atoms with Crippen molar-refractivity contribution >= 4 is 16.6 Å². The van der Waals surface area contributed by atoms with E-state index in [9.17, 15) is 4.79 Å². The number of nitrogens with one attached hydrogen (secondary N) is 1. The Kier molecular flexibility index (Phi) is 4.56. The highest BCUT2D eigenvalue weighted by molar-refractivity contribution is 5.82. The lowest BCUT2D eigenvalue weighted by molar-refractivity contribution is 0.428. The fourth-order valence-corrected chi connectivity index (χ4v) is 5.47. The van der Waals surface area contributed by atoms with Crippen LogP contribution in [0.4, 0.5) is 5.69 Å². The molecule has 32 heavy (non-hydrogen) atoms. The van der Waals surface area contributed by atoms with Crippen molar-refractivity contribution in [2.75, 3.05) is 11.4 Å². The number of hydrogen-bond acceptors (Lipinski definition) is 5. The molecule has 0 amide bonds. The second-order valence-corrected chi connectivity index (χ2v) is 8.99. The summed E-state index contributed by atoms with van der Waals surface area (Å²) >= 11 is 0. The molecule has 0 spiro atoms. The predicted octanol–water partition coefficient (Wildman–Crippen LogP) is 4.09. The number of hydrogen-bond donors (Lipinski definition) is 1. The maximum Gasteiger partial charge on any atom is 0.254 e. The fourth-order valence-electron chi connectivity index (χ4n) is 5.47. The Hall–Kier alpha value is -3.48. The van der Waals surface area contributed by atoms with Crippen LogP contribution in [-0.4, -0.2) is 31.7 Å². The number of H-pyrrole nitrogens is 1. The topological polar surface area (TPSA) is 79.7 Å². The molecule has 0 radical (unpaired) electrons. The summed E-state index contributed by atoms with van der Waals surface area (Å²) in [7, 11) is 0. The number of aromatic nitrogens is 5. The molecule has 7 nitrogen and oxygen atoms in total. The summed E-state index contributed by atoms with van der Waals surface area (Å²) in [6, 6.07) is 16.5. The molecule has 1 fully saturated rings. The minimum atomic E-state index is -0.345. The second-order valence-electron chi connectivity index (χ2n) is 8.99. The van der Waals surface area contributed by atoms with E-state index in [2.05, 4.69) is 55.7 Å². The summed E-state index contributed by atoms with van der Waals surface area (Å²) in [5.41, 5.74) is 5.01. The highest BCUT2D eigenvalue weighted by atomic mass is 16.1. The third-order valence-electron chi connectivity index (χ3n) is 7.08. The number of benzene rings is 2. The minimum absolute atomic E-state index is 0.0813. The highest BCUT2D eigenvalue weighted by Crippen LogP contribution is 2.39. The van der Waals surface area contributed by atoms with Crippen LogP contribution >= 0.6 is 0 Å². The molecule has 1 atom stereocenters. The molecular formula is C25H26N6O. The molecule has 1 aliphatic heterocycles. The molecule has 162 valence electrons. The van der Waals surface area contributed by atoms with Gasteiger partial charge in [0.25, 0.3) is 5.56 Å². The predicted molar refractivity (Wildman–Crippen MR) is 124 cm³/mol. The molecule has 1 saturated carbocycles. The van der Waals surface area contributed by atoms with Crippen molar-refractivity contribution < 1.29 is 0 Å². The molecular weight excluding hydrogens is 400 g/mol. The van der Waals surface area contributed by atoms with Crippen molar-refractivity contribution in [1.82, 2.24) is 25.2 Å². The first-order valence-electron chi connectivity index (χ1n) is 11.5. The van der Waals surface area contributed by atoms with Crippen LogP contribution in [0.1, 0.15) is 60.3 Å². The molecule has 0 saturated heterocycles. The minimum Gasteiger partial charge on any atom is -0.357 e. The van der Waals surface area contributed by atoms with Gasteiger partial charge in [-0.2, -0.15) is 0 Å². The number of pyridine rings is 1. The Morgan fingerprint density at radius 3 is 2.81 bits per heavy atom. The quantitative estimate of drug-likeness (QED) is 0.532. The van der Waals surface area contributed by atoms with Crippen LogP contribution in [0, 0.1) is 6.92 Å². The first-order chi connectivity index (χ1) is 15.7. The van der Waals surface area contributed by atoms with Gasteiger partial charge in [-0.1, -0.05) is 49.2 Å². The van der Waals surface area contributed by atoms with Crippen molar-refractivity contribution in [3.05, 3.63) is 81.4 Å². The van der Waals surface area contributed by atoms with E-state index in [1.165, 1.54) is 18.4 Å². The average Bonchev–Trinajstić information content (AvgIpc) is 3.56. The van der Waals surface area contributed by atoms with Crippen LogP contribution in [0.15, 0.2) is 53.3 Å². The first-order valence-corrected chi connectivity index (χ1v) is 11.5. The normalized spacial score (nSPS) is 17.2. The molecule has 0 unspecified atom stereocenters. The molecule has 2 aromatic heterocycles. The van der Waals surface area contributed by atoms with Gasteiger partial charge in [-0.15, -0.1) is 5.10 Å².